The van der Waals surface area contributed by atoms with E-state index in [4.69, 9.17) is 17.2 Å². The monoisotopic (exact) mass is 940 g/mol. The summed E-state index contributed by atoms with van der Waals surface area (Å²) in [5.41, 5.74) is 1.18. The maximum Gasteiger partial charge on any atom is 0.446 e. The van der Waals surface area contributed by atoms with E-state index in [9.17, 15) is 46.1 Å². The number of hydrogen-bond donors (Lipinski definition) is 5. The zero-order chi connectivity index (χ0) is 37.7. The second-order valence-electron chi connectivity index (χ2n) is 10.8. The summed E-state index contributed by atoms with van der Waals surface area (Å²) >= 11 is 9.73. The van der Waals surface area contributed by atoms with Crippen molar-refractivity contribution in [3.05, 3.63) is 114 Å². The van der Waals surface area contributed by atoms with Crippen molar-refractivity contribution in [2.24, 2.45) is 0 Å². The molecule has 4 aromatic carbocycles. The highest BCUT2D eigenvalue weighted by molar-refractivity contribution is 9.11. The molecule has 0 aliphatic rings. The van der Waals surface area contributed by atoms with Crippen molar-refractivity contribution in [3.63, 3.8) is 0 Å². The zero-order valence-electron chi connectivity index (χ0n) is 25.4. The molecule has 0 aliphatic heterocycles. The number of furan rings is 2. The van der Waals surface area contributed by atoms with Gasteiger partial charge in [-0.25, -0.2) is 4.79 Å². The summed E-state index contributed by atoms with van der Waals surface area (Å²) < 4.78 is 89.2. The first-order chi connectivity index (χ1) is 24.3. The predicted molar refractivity (Wildman–Crippen MR) is 198 cm³/mol. The number of phenols is 2. The third kappa shape index (κ3) is 8.20. The van der Waals surface area contributed by atoms with E-state index < -0.39 is 38.3 Å². The predicted octanol–water partition coefficient (Wildman–Crippen LogP) is 8.93. The van der Waals surface area contributed by atoms with Gasteiger partial charge in [0.25, 0.3) is 0 Å². The van der Waals surface area contributed by atoms with Crippen LogP contribution in [-0.4, -0.2) is 47.2 Å². The molecule has 268 valence electrons. The minimum atomic E-state index is -5.37. The van der Waals surface area contributed by atoms with Gasteiger partial charge in [-0.1, -0.05) is 6.07 Å². The second-order valence-corrected chi connectivity index (χ2v) is 15.4. The summed E-state index contributed by atoms with van der Waals surface area (Å²) in [6, 6.07) is 17.6. The molecule has 6 rings (SSSR count). The Morgan fingerprint density at radius 3 is 1.83 bits per heavy atom. The quantitative estimate of drug-likeness (QED) is 0.0491. The van der Waals surface area contributed by atoms with Crippen molar-refractivity contribution in [1.82, 2.24) is 0 Å². The van der Waals surface area contributed by atoms with Crippen molar-refractivity contribution < 1.29 is 63.3 Å². The lowest BCUT2D eigenvalue weighted by Crippen LogP contribution is -2.11. The van der Waals surface area contributed by atoms with E-state index in [1.165, 1.54) is 54.6 Å². The van der Waals surface area contributed by atoms with Gasteiger partial charge in [0.05, 0.1) is 13.4 Å². The molecule has 0 spiro atoms. The van der Waals surface area contributed by atoms with E-state index in [1.807, 2.05) is 0 Å². The molecule has 0 fully saturated rings. The van der Waals surface area contributed by atoms with Gasteiger partial charge in [-0.15, -0.1) is 0 Å². The van der Waals surface area contributed by atoms with E-state index in [0.717, 1.165) is 12.2 Å². The highest BCUT2D eigenvalue weighted by Crippen LogP contribution is 2.41. The number of phenolic OH excluding ortho intramolecular Hbond substituents is 2. The maximum atomic E-state index is 12.5. The fourth-order valence-electron chi connectivity index (χ4n) is 5.08. The number of carbonyl (C=O) groups is 1. The Morgan fingerprint density at radius 2 is 1.25 bits per heavy atom. The van der Waals surface area contributed by atoms with Crippen LogP contribution >= 0.6 is 47.8 Å². The smallest absolute Gasteiger partial charge is 0.446 e. The standard InChI is InChI=1S/C33H19Br3O14S2/c34-21-12-17(2-4-24(21)37)27-14-19-7-15(1-6-26(19)47-27)10-28(49-51(41,42)43)29(50-52(44,45)46)11-16-8-20-30(33(39)40)31(48-32(20)23(36)9-16)18-3-5-25(38)22(35)13-18/h1-14,37-38H,(H,39,40)(H,41,42,43)(H,44,45,46)/b28-10-,29-11-. The van der Waals surface area contributed by atoms with Gasteiger partial charge in [0.1, 0.15) is 39.7 Å². The highest BCUT2D eigenvalue weighted by atomic mass is 79.9. The van der Waals surface area contributed by atoms with Gasteiger partial charge < -0.3 is 32.5 Å². The number of aromatic hydroxyl groups is 2. The zero-order valence-corrected chi connectivity index (χ0v) is 31.8. The van der Waals surface area contributed by atoms with Gasteiger partial charge in [-0.3, -0.25) is 9.11 Å². The van der Waals surface area contributed by atoms with Gasteiger partial charge >= 0.3 is 26.8 Å². The van der Waals surface area contributed by atoms with Gasteiger partial charge in [0.2, 0.25) is 0 Å². The van der Waals surface area contributed by atoms with Crippen LogP contribution in [0.1, 0.15) is 21.5 Å². The molecule has 0 saturated heterocycles. The van der Waals surface area contributed by atoms with Crippen molar-refractivity contribution in [2.75, 3.05) is 0 Å². The molecule has 0 radical (unpaired) electrons. The van der Waals surface area contributed by atoms with Crippen LogP contribution in [0.3, 0.4) is 0 Å². The van der Waals surface area contributed by atoms with E-state index in [0.29, 0.717) is 26.8 Å². The minimum Gasteiger partial charge on any atom is -0.507 e. The van der Waals surface area contributed by atoms with Crippen LogP contribution in [-0.2, 0) is 29.2 Å². The number of rotatable bonds is 10. The number of benzene rings is 4. The van der Waals surface area contributed by atoms with Gasteiger partial charge in [-0.05, 0) is 138 Å². The number of aromatic carboxylic acids is 1. The van der Waals surface area contributed by atoms with Crippen molar-refractivity contribution in [3.8, 4) is 34.1 Å². The summed E-state index contributed by atoms with van der Waals surface area (Å²) in [5, 5.41) is 30.4. The Labute approximate surface area is 318 Å². The molecule has 0 bridgehead atoms. The number of carboxylic acids is 1. The Morgan fingerprint density at radius 1 is 0.673 bits per heavy atom. The topological polar surface area (TPSA) is 231 Å². The number of fused-ring (bicyclic) bond motifs is 2. The number of carboxylic acid groups (broad SMARTS) is 1. The van der Waals surface area contributed by atoms with Crippen LogP contribution in [0.15, 0.2) is 107 Å². The molecule has 0 unspecified atom stereocenters. The first kappa shape index (κ1) is 37.1. The molecule has 52 heavy (non-hydrogen) atoms. The molecule has 14 nitrogen and oxygen atoms in total. The first-order valence-electron chi connectivity index (χ1n) is 14.1. The lowest BCUT2D eigenvalue weighted by molar-refractivity contribution is 0.0699. The first-order valence-corrected chi connectivity index (χ1v) is 19.2. The minimum absolute atomic E-state index is 0.00151. The fraction of sp³-hybridized carbons (Fsp3) is 0. The van der Waals surface area contributed by atoms with Crippen LogP contribution in [0.5, 0.6) is 11.5 Å². The largest absolute Gasteiger partial charge is 0.507 e. The molecule has 0 amide bonds. The summed E-state index contributed by atoms with van der Waals surface area (Å²) in [4.78, 5) is 12.5. The SMILES string of the molecule is O=C(O)c1c(-c2ccc(O)c(Br)c2)oc2c(Br)cc(/C=C(OS(=O)(=O)O)/C(=C/c3ccc4oc(-c5ccc(O)c(Br)c5)cc4c3)OS(=O)(=O)O)cc12. The third-order valence-corrected chi connectivity index (χ3v) is 9.83. The van der Waals surface area contributed by atoms with Crippen LogP contribution in [0.4, 0.5) is 0 Å². The molecular weight excluding hydrogens is 924 g/mol. The van der Waals surface area contributed by atoms with Gasteiger partial charge in [-0.2, -0.15) is 16.8 Å². The van der Waals surface area contributed by atoms with Gasteiger partial charge in [0.15, 0.2) is 11.5 Å². The Kier molecular flexibility index (Phi) is 10.0. The number of halogens is 3. The lowest BCUT2D eigenvalue weighted by Gasteiger charge is -2.12. The summed E-state index contributed by atoms with van der Waals surface area (Å²) in [7, 11) is -10.7. The van der Waals surface area contributed by atoms with E-state index in [2.05, 4.69) is 47.8 Å². The van der Waals surface area contributed by atoms with Gasteiger partial charge in [0, 0.05) is 21.9 Å². The van der Waals surface area contributed by atoms with Crippen LogP contribution in [0.25, 0.3) is 56.7 Å². The molecule has 19 heteroatoms. The molecule has 5 N–H and O–H groups in total. The van der Waals surface area contributed by atoms with Crippen molar-refractivity contribution in [2.45, 2.75) is 0 Å². The van der Waals surface area contributed by atoms with Crippen LogP contribution in [0, 0.1) is 0 Å². The fourth-order valence-corrected chi connectivity index (χ4v) is 7.11. The average Bonchev–Trinajstić information content (AvgIpc) is 3.64. The second kappa shape index (κ2) is 14.1. The summed E-state index contributed by atoms with van der Waals surface area (Å²) in [6.45, 7) is 0. The molecule has 0 saturated carbocycles. The molecule has 2 heterocycles. The molecule has 0 atom stereocenters. The van der Waals surface area contributed by atoms with E-state index >= 15 is 0 Å². The Balaban J connectivity index is 1.50. The Bertz CT molecular complexity index is 2730. The van der Waals surface area contributed by atoms with Crippen LogP contribution in [0.2, 0.25) is 0 Å². The normalized spacial score (nSPS) is 12.8. The van der Waals surface area contributed by atoms with Crippen molar-refractivity contribution >= 4 is 109 Å². The van der Waals surface area contributed by atoms with Crippen molar-refractivity contribution in [1.29, 1.82) is 0 Å². The average molecular weight is 943 g/mol. The van der Waals surface area contributed by atoms with E-state index in [1.54, 1.807) is 18.2 Å². The number of hydrogen-bond acceptors (Lipinski definition) is 11. The molecule has 0 aliphatic carbocycles. The maximum absolute atomic E-state index is 12.5. The Hall–Kier alpha value is -4.63. The third-order valence-electron chi connectivity index (χ3n) is 7.19. The summed E-state index contributed by atoms with van der Waals surface area (Å²) in [5.74, 6) is -3.05. The van der Waals surface area contributed by atoms with E-state index in [-0.39, 0.29) is 59.4 Å². The highest BCUT2D eigenvalue weighted by Gasteiger charge is 2.26. The molecule has 2 aromatic heterocycles. The molecular formula is C33H19Br3O14S2. The molecule has 6 aromatic rings. The summed E-state index contributed by atoms with van der Waals surface area (Å²) in [6.07, 6.45) is 1.89. The lowest BCUT2D eigenvalue weighted by atomic mass is 10.0. The van der Waals surface area contributed by atoms with Crippen LogP contribution < -0.4 is 0 Å².